The number of ether oxygens (including phenoxy) is 1. The summed E-state index contributed by atoms with van der Waals surface area (Å²) >= 11 is 0. The highest BCUT2D eigenvalue weighted by Gasteiger charge is 2.10. The van der Waals surface area contributed by atoms with E-state index in [4.69, 9.17) is 20.1 Å². The Hall–Kier alpha value is -1.14. The number of carboxylic acid groups (broad SMARTS) is 1. The standard InChI is InChI=1S/C14H26O4.C3H8O2/c1-3-5-8-12(4-2)11-18-14(17)10-7-6-9-13(15)16;1-3(5)2-4/h12H,3-11H2,1-2H3,(H,15,16);3-5H,2H2,1H3. The number of carbonyl (C=O) groups is 2. The minimum atomic E-state index is -0.811. The molecule has 0 saturated heterocycles. The number of aliphatic hydroxyl groups excluding tert-OH is 2. The number of hydrogen-bond donors (Lipinski definition) is 3. The second-order valence-electron chi connectivity index (χ2n) is 5.73. The van der Waals surface area contributed by atoms with Crippen LogP contribution >= 0.6 is 0 Å². The van der Waals surface area contributed by atoms with Crippen molar-refractivity contribution in [2.75, 3.05) is 13.2 Å². The predicted octanol–water partition coefficient (Wildman–Crippen LogP) is 2.75. The van der Waals surface area contributed by atoms with Crippen LogP contribution in [0.1, 0.15) is 72.1 Å². The van der Waals surface area contributed by atoms with Gasteiger partial charge in [-0.3, -0.25) is 9.59 Å². The van der Waals surface area contributed by atoms with Gasteiger partial charge in [0.2, 0.25) is 0 Å². The molecule has 0 aliphatic rings. The van der Waals surface area contributed by atoms with Gasteiger partial charge in [0.25, 0.3) is 0 Å². The van der Waals surface area contributed by atoms with Crippen LogP contribution in [0.3, 0.4) is 0 Å². The highest BCUT2D eigenvalue weighted by atomic mass is 16.5. The van der Waals surface area contributed by atoms with Crippen molar-refractivity contribution in [3.05, 3.63) is 0 Å². The Kier molecular flexibility index (Phi) is 18.1. The molecule has 0 spiro atoms. The number of unbranched alkanes of at least 4 members (excludes halogenated alkanes) is 2. The zero-order chi connectivity index (χ0) is 18.1. The third-order valence-corrected chi connectivity index (χ3v) is 3.31. The summed E-state index contributed by atoms with van der Waals surface area (Å²) in [6.45, 7) is 6.16. The molecule has 2 atom stereocenters. The summed E-state index contributed by atoms with van der Waals surface area (Å²) in [5.74, 6) is -0.544. The van der Waals surface area contributed by atoms with Crippen molar-refractivity contribution in [1.29, 1.82) is 0 Å². The summed E-state index contributed by atoms with van der Waals surface area (Å²) in [4.78, 5) is 21.7. The van der Waals surface area contributed by atoms with Crippen LogP contribution in [0.2, 0.25) is 0 Å². The lowest BCUT2D eigenvalue weighted by Crippen LogP contribution is -2.13. The normalized spacial score (nSPS) is 12.7. The summed E-state index contributed by atoms with van der Waals surface area (Å²) in [7, 11) is 0. The van der Waals surface area contributed by atoms with Crippen molar-refractivity contribution in [3.8, 4) is 0 Å². The minimum absolute atomic E-state index is 0.126. The van der Waals surface area contributed by atoms with Crippen LogP contribution in [0.5, 0.6) is 0 Å². The van der Waals surface area contributed by atoms with E-state index >= 15 is 0 Å². The molecule has 0 saturated carbocycles. The number of aliphatic hydroxyl groups is 2. The molecule has 0 aromatic carbocycles. The number of rotatable bonds is 12. The fraction of sp³-hybridized carbons (Fsp3) is 0.882. The van der Waals surface area contributed by atoms with Crippen LogP contribution in [0.4, 0.5) is 0 Å². The van der Waals surface area contributed by atoms with E-state index < -0.39 is 12.1 Å². The van der Waals surface area contributed by atoms with Crippen molar-refractivity contribution < 1.29 is 29.6 Å². The summed E-state index contributed by atoms with van der Waals surface area (Å²) in [5.41, 5.74) is 0. The molecule has 138 valence electrons. The Morgan fingerprint density at radius 2 is 1.65 bits per heavy atom. The number of carboxylic acids is 1. The summed E-state index contributed by atoms with van der Waals surface area (Å²) in [5, 5.41) is 24.5. The molecule has 0 bridgehead atoms. The van der Waals surface area contributed by atoms with Gasteiger partial charge in [-0.25, -0.2) is 0 Å². The van der Waals surface area contributed by atoms with Gasteiger partial charge in [0, 0.05) is 12.8 Å². The van der Waals surface area contributed by atoms with Gasteiger partial charge in [-0.15, -0.1) is 0 Å². The monoisotopic (exact) mass is 334 g/mol. The van der Waals surface area contributed by atoms with Gasteiger partial charge in [-0.2, -0.15) is 0 Å². The predicted molar refractivity (Wildman–Crippen MR) is 89.1 cm³/mol. The molecule has 6 heteroatoms. The van der Waals surface area contributed by atoms with Gasteiger partial charge in [0.05, 0.1) is 19.3 Å². The van der Waals surface area contributed by atoms with Crippen molar-refractivity contribution in [2.45, 2.75) is 78.2 Å². The number of esters is 1. The molecule has 0 aliphatic carbocycles. The van der Waals surface area contributed by atoms with E-state index in [0.717, 1.165) is 12.8 Å². The summed E-state index contributed by atoms with van der Waals surface area (Å²) in [6.07, 6.45) is 5.52. The Labute approximate surface area is 139 Å². The minimum Gasteiger partial charge on any atom is -0.481 e. The van der Waals surface area contributed by atoms with Crippen LogP contribution in [-0.2, 0) is 14.3 Å². The van der Waals surface area contributed by atoms with Crippen molar-refractivity contribution in [2.24, 2.45) is 5.92 Å². The van der Waals surface area contributed by atoms with E-state index in [2.05, 4.69) is 13.8 Å². The van der Waals surface area contributed by atoms with Crippen molar-refractivity contribution in [3.63, 3.8) is 0 Å². The molecule has 2 unspecified atom stereocenters. The second kappa shape index (κ2) is 17.2. The van der Waals surface area contributed by atoms with Gasteiger partial charge >= 0.3 is 11.9 Å². The van der Waals surface area contributed by atoms with E-state index in [9.17, 15) is 9.59 Å². The van der Waals surface area contributed by atoms with Crippen LogP contribution in [0, 0.1) is 5.92 Å². The number of aliphatic carboxylic acids is 1. The molecule has 0 amide bonds. The van der Waals surface area contributed by atoms with Gasteiger partial charge in [-0.1, -0.05) is 33.1 Å². The quantitative estimate of drug-likeness (QED) is 0.374. The molecule has 0 fully saturated rings. The third kappa shape index (κ3) is 20.9. The van der Waals surface area contributed by atoms with Crippen molar-refractivity contribution in [1.82, 2.24) is 0 Å². The summed E-state index contributed by atoms with van der Waals surface area (Å²) in [6, 6.07) is 0. The first-order chi connectivity index (χ1) is 10.9. The van der Waals surface area contributed by atoms with Crippen LogP contribution < -0.4 is 0 Å². The molecule has 0 radical (unpaired) electrons. The molecule has 0 aliphatic heterocycles. The SMILES string of the molecule is CC(O)CO.CCCCC(CC)COC(=O)CCCCC(=O)O. The summed E-state index contributed by atoms with van der Waals surface area (Å²) < 4.78 is 5.21. The molecule has 23 heavy (non-hydrogen) atoms. The first-order valence-electron chi connectivity index (χ1n) is 8.53. The molecule has 3 N–H and O–H groups in total. The van der Waals surface area contributed by atoms with Crippen molar-refractivity contribution >= 4 is 11.9 Å². The van der Waals surface area contributed by atoms with E-state index in [-0.39, 0.29) is 19.0 Å². The lowest BCUT2D eigenvalue weighted by molar-refractivity contribution is -0.145. The van der Waals surface area contributed by atoms with Crippen LogP contribution in [0.25, 0.3) is 0 Å². The fourth-order valence-electron chi connectivity index (χ4n) is 1.73. The Morgan fingerprint density at radius 1 is 1.09 bits per heavy atom. The van der Waals surface area contributed by atoms with Gasteiger partial charge in [0.15, 0.2) is 0 Å². The van der Waals surface area contributed by atoms with Crippen LogP contribution in [0.15, 0.2) is 0 Å². The third-order valence-electron chi connectivity index (χ3n) is 3.31. The number of carbonyl (C=O) groups excluding carboxylic acids is 1. The smallest absolute Gasteiger partial charge is 0.305 e. The largest absolute Gasteiger partial charge is 0.481 e. The first-order valence-corrected chi connectivity index (χ1v) is 8.53. The Bertz CT molecular complexity index is 291. The van der Waals surface area contributed by atoms with E-state index in [1.54, 1.807) is 0 Å². The zero-order valence-corrected chi connectivity index (χ0v) is 14.8. The topological polar surface area (TPSA) is 104 Å². The maximum absolute atomic E-state index is 11.4. The Morgan fingerprint density at radius 3 is 2.09 bits per heavy atom. The highest BCUT2D eigenvalue weighted by Crippen LogP contribution is 2.13. The zero-order valence-electron chi connectivity index (χ0n) is 14.8. The van der Waals surface area contributed by atoms with Gasteiger partial charge < -0.3 is 20.1 Å². The molecule has 0 rings (SSSR count). The number of hydrogen-bond acceptors (Lipinski definition) is 5. The second-order valence-corrected chi connectivity index (χ2v) is 5.73. The Balaban J connectivity index is 0. The fourth-order valence-corrected chi connectivity index (χ4v) is 1.73. The molecule has 6 nitrogen and oxygen atoms in total. The highest BCUT2D eigenvalue weighted by molar-refractivity contribution is 5.69. The van der Waals surface area contributed by atoms with Gasteiger partial charge in [0.1, 0.15) is 0 Å². The van der Waals surface area contributed by atoms with E-state index in [0.29, 0.717) is 31.8 Å². The average Bonchev–Trinajstić information content (AvgIpc) is 2.52. The van der Waals surface area contributed by atoms with E-state index in [1.807, 2.05) is 0 Å². The molecule has 0 heterocycles. The molecule has 0 aromatic heterocycles. The molecular formula is C17H34O6. The maximum Gasteiger partial charge on any atom is 0.305 e. The lowest BCUT2D eigenvalue weighted by Gasteiger charge is -2.14. The van der Waals surface area contributed by atoms with E-state index in [1.165, 1.54) is 19.8 Å². The maximum atomic E-state index is 11.4. The van der Waals surface area contributed by atoms with Crippen LogP contribution in [-0.4, -0.2) is 46.6 Å². The molecular weight excluding hydrogens is 300 g/mol. The first kappa shape index (κ1) is 24.1. The average molecular weight is 334 g/mol. The molecule has 0 aromatic rings. The van der Waals surface area contributed by atoms with Gasteiger partial charge in [-0.05, 0) is 32.1 Å². The lowest BCUT2D eigenvalue weighted by atomic mass is 10.0.